The van der Waals surface area contributed by atoms with E-state index in [2.05, 4.69) is 18.7 Å². The second-order valence-corrected chi connectivity index (χ2v) is 7.40. The van der Waals surface area contributed by atoms with Crippen molar-refractivity contribution < 1.29 is 9.53 Å². The molecule has 0 radical (unpaired) electrons. The van der Waals surface area contributed by atoms with Gasteiger partial charge in [-0.1, -0.05) is 25.1 Å². The summed E-state index contributed by atoms with van der Waals surface area (Å²) in [7, 11) is 0. The van der Waals surface area contributed by atoms with Crippen LogP contribution in [-0.2, 0) is 29.1 Å². The molecule has 0 spiro atoms. The molecule has 4 heterocycles. The largest absolute Gasteiger partial charge is 0.460 e. The number of carbonyl (C=O) groups is 1. The molecule has 2 aliphatic heterocycles. The smallest absolute Gasteiger partial charge is 0.313 e. The van der Waals surface area contributed by atoms with Crippen molar-refractivity contribution in [1.29, 1.82) is 0 Å². The number of hydrogen-bond acceptors (Lipinski definition) is 4. The van der Waals surface area contributed by atoms with E-state index in [1.165, 1.54) is 5.56 Å². The summed E-state index contributed by atoms with van der Waals surface area (Å²) in [6.45, 7) is 6.32. The highest BCUT2D eigenvalue weighted by atomic mass is 16.5. The molecule has 5 heteroatoms. The quantitative estimate of drug-likeness (QED) is 0.406. The van der Waals surface area contributed by atoms with Crippen molar-refractivity contribution in [3.8, 4) is 11.4 Å². The molecule has 28 heavy (non-hydrogen) atoms. The van der Waals surface area contributed by atoms with Gasteiger partial charge in [-0.25, -0.2) is 4.98 Å². The summed E-state index contributed by atoms with van der Waals surface area (Å²) in [6, 6.07) is 10.2. The van der Waals surface area contributed by atoms with Crippen molar-refractivity contribution in [1.82, 2.24) is 9.55 Å². The molecular formula is C23H20N2O3. The number of benzene rings is 1. The predicted octanol–water partition coefficient (Wildman–Crippen LogP) is 3.70. The molecule has 0 aliphatic carbocycles. The Hall–Kier alpha value is -3.21. The van der Waals surface area contributed by atoms with E-state index in [0.717, 1.165) is 39.8 Å². The summed E-state index contributed by atoms with van der Waals surface area (Å²) in [5.41, 5.74) is 6.05. The van der Waals surface area contributed by atoms with E-state index in [4.69, 9.17) is 9.72 Å². The summed E-state index contributed by atoms with van der Waals surface area (Å²) in [4.78, 5) is 30.2. The van der Waals surface area contributed by atoms with Crippen LogP contribution in [-0.4, -0.2) is 15.5 Å². The Labute approximate surface area is 162 Å². The first-order valence-electron chi connectivity index (χ1n) is 9.58. The van der Waals surface area contributed by atoms with Crippen molar-refractivity contribution in [3.63, 3.8) is 0 Å². The van der Waals surface area contributed by atoms with Crippen molar-refractivity contribution in [2.75, 3.05) is 0 Å². The Kier molecular flexibility index (Phi) is 3.72. The lowest BCUT2D eigenvalue weighted by Gasteiger charge is -2.24. The minimum absolute atomic E-state index is 0.0546. The lowest BCUT2D eigenvalue weighted by Crippen LogP contribution is -2.32. The molecule has 5 rings (SSSR count). The van der Waals surface area contributed by atoms with Crippen LogP contribution in [0.5, 0.6) is 0 Å². The zero-order chi connectivity index (χ0) is 19.4. The van der Waals surface area contributed by atoms with E-state index in [0.29, 0.717) is 18.5 Å². The number of hydrogen-bond donors (Lipinski definition) is 0. The maximum Gasteiger partial charge on any atom is 0.313 e. The highest BCUT2D eigenvalue weighted by Crippen LogP contribution is 2.37. The van der Waals surface area contributed by atoms with E-state index in [-0.39, 0.29) is 24.1 Å². The fourth-order valence-corrected chi connectivity index (χ4v) is 4.42. The number of fused-ring (bicyclic) bond motifs is 5. The summed E-state index contributed by atoms with van der Waals surface area (Å²) < 4.78 is 7.01. The number of ether oxygens (including phenoxy) is 1. The van der Waals surface area contributed by atoms with Gasteiger partial charge in [0.15, 0.2) is 0 Å². The molecule has 0 bridgehead atoms. The van der Waals surface area contributed by atoms with Crippen LogP contribution in [0.2, 0.25) is 0 Å². The molecular weight excluding hydrogens is 352 g/mol. The molecule has 0 N–H and O–H groups in total. The summed E-state index contributed by atoms with van der Waals surface area (Å²) >= 11 is 0. The number of rotatable bonds is 3. The monoisotopic (exact) mass is 372 g/mol. The number of nitrogens with zero attached hydrogens (tertiary/aromatic N) is 2. The minimum atomic E-state index is -0.383. The van der Waals surface area contributed by atoms with Crippen molar-refractivity contribution in [2.24, 2.45) is 0 Å². The normalized spacial score (nSPS) is 17.0. The van der Waals surface area contributed by atoms with Gasteiger partial charge in [0.05, 0.1) is 34.9 Å². The van der Waals surface area contributed by atoms with E-state index in [1.54, 1.807) is 4.57 Å². The van der Waals surface area contributed by atoms with Crippen molar-refractivity contribution in [3.05, 3.63) is 75.6 Å². The first kappa shape index (κ1) is 16.9. The van der Waals surface area contributed by atoms with Gasteiger partial charge in [0.25, 0.3) is 5.56 Å². The SMILES string of the molecule is C=CCc1cccc2nc3c(cc12)Cn1c-3cc2c(c1=O)COC(=O)[C@@H]2CC. The average Bonchev–Trinajstić information content (AvgIpc) is 3.05. The van der Waals surface area contributed by atoms with Crippen LogP contribution >= 0.6 is 0 Å². The molecule has 0 fully saturated rings. The minimum Gasteiger partial charge on any atom is -0.460 e. The molecule has 0 unspecified atom stereocenters. The molecule has 2 aromatic heterocycles. The molecule has 3 aromatic rings. The van der Waals surface area contributed by atoms with E-state index in [1.807, 2.05) is 31.2 Å². The van der Waals surface area contributed by atoms with Gasteiger partial charge >= 0.3 is 5.97 Å². The average molecular weight is 372 g/mol. The third-order valence-corrected chi connectivity index (χ3v) is 5.83. The number of cyclic esters (lactones) is 1. The molecule has 0 saturated heterocycles. The predicted molar refractivity (Wildman–Crippen MR) is 107 cm³/mol. The highest BCUT2D eigenvalue weighted by Gasteiger charge is 2.33. The van der Waals surface area contributed by atoms with Gasteiger partial charge in [-0.15, -0.1) is 6.58 Å². The number of allylic oxidation sites excluding steroid dienone is 1. The van der Waals surface area contributed by atoms with Gasteiger partial charge in [0, 0.05) is 10.9 Å². The maximum atomic E-state index is 13.1. The Bertz CT molecular complexity index is 1220. The van der Waals surface area contributed by atoms with Crippen LogP contribution in [0.1, 0.15) is 41.5 Å². The molecule has 0 amide bonds. The van der Waals surface area contributed by atoms with Gasteiger partial charge in [0.1, 0.15) is 6.61 Å². The zero-order valence-corrected chi connectivity index (χ0v) is 15.7. The van der Waals surface area contributed by atoms with E-state index < -0.39 is 0 Å². The Morgan fingerprint density at radius 1 is 1.32 bits per heavy atom. The number of esters is 1. The highest BCUT2D eigenvalue weighted by molar-refractivity contribution is 5.87. The van der Waals surface area contributed by atoms with Crippen LogP contribution in [0.4, 0.5) is 0 Å². The van der Waals surface area contributed by atoms with Gasteiger partial charge < -0.3 is 9.30 Å². The lowest BCUT2D eigenvalue weighted by molar-refractivity contribution is -0.148. The molecule has 0 saturated carbocycles. The van der Waals surface area contributed by atoms with Crippen LogP contribution in [0.15, 0.2) is 47.8 Å². The summed E-state index contributed by atoms with van der Waals surface area (Å²) in [6.07, 6.45) is 3.27. The van der Waals surface area contributed by atoms with Crippen LogP contribution in [0.25, 0.3) is 22.3 Å². The topological polar surface area (TPSA) is 61.2 Å². The Morgan fingerprint density at radius 2 is 2.18 bits per heavy atom. The fourth-order valence-electron chi connectivity index (χ4n) is 4.42. The van der Waals surface area contributed by atoms with Gasteiger partial charge in [-0.2, -0.15) is 0 Å². The molecule has 5 nitrogen and oxygen atoms in total. The van der Waals surface area contributed by atoms with E-state index in [9.17, 15) is 9.59 Å². The standard InChI is InChI=1S/C23H20N2O3/c1-3-6-13-7-5-8-19-16(13)9-14-11-25-20(21(14)24-19)10-17-15(4-2)23(27)28-12-18(17)22(25)26/h3,5,7-10,15H,1,4,6,11-12H2,2H3/t15-/m1/s1. The van der Waals surface area contributed by atoms with Crippen molar-refractivity contribution in [2.45, 2.75) is 38.8 Å². The fraction of sp³-hybridized carbons (Fsp3) is 0.261. The third kappa shape index (κ3) is 2.29. The zero-order valence-electron chi connectivity index (χ0n) is 15.7. The Balaban J connectivity index is 1.75. The van der Waals surface area contributed by atoms with Gasteiger partial charge in [-0.3, -0.25) is 9.59 Å². The lowest BCUT2D eigenvalue weighted by atomic mass is 9.90. The summed E-state index contributed by atoms with van der Waals surface area (Å²) in [5, 5.41) is 1.09. The van der Waals surface area contributed by atoms with Crippen molar-refractivity contribution >= 4 is 16.9 Å². The molecule has 1 aromatic carbocycles. The van der Waals surface area contributed by atoms with Crippen LogP contribution < -0.4 is 5.56 Å². The second-order valence-electron chi connectivity index (χ2n) is 7.40. The number of pyridine rings is 2. The number of aromatic nitrogens is 2. The second kappa shape index (κ2) is 6.16. The third-order valence-electron chi connectivity index (χ3n) is 5.83. The van der Waals surface area contributed by atoms with E-state index >= 15 is 0 Å². The maximum absolute atomic E-state index is 13.1. The van der Waals surface area contributed by atoms with Crippen LogP contribution in [0.3, 0.4) is 0 Å². The Morgan fingerprint density at radius 3 is 2.96 bits per heavy atom. The number of carbonyl (C=O) groups excluding carboxylic acids is 1. The first-order valence-corrected chi connectivity index (χ1v) is 9.58. The molecule has 1 atom stereocenters. The van der Waals surface area contributed by atoms with Crippen LogP contribution in [0, 0.1) is 0 Å². The summed E-state index contributed by atoms with van der Waals surface area (Å²) in [5.74, 6) is -0.635. The molecule has 140 valence electrons. The van der Waals surface area contributed by atoms with Gasteiger partial charge in [0.2, 0.25) is 0 Å². The molecule has 2 aliphatic rings. The van der Waals surface area contributed by atoms with Gasteiger partial charge in [-0.05, 0) is 42.2 Å². The first-order chi connectivity index (χ1) is 13.6.